The van der Waals surface area contributed by atoms with Crippen molar-refractivity contribution >= 4 is 11.8 Å². The molecule has 0 saturated heterocycles. The van der Waals surface area contributed by atoms with Crippen LogP contribution >= 0.6 is 11.8 Å². The Bertz CT molecular complexity index is 383. The molecule has 6 heteroatoms. The molecule has 0 radical (unpaired) electrons. The first-order valence-electron chi connectivity index (χ1n) is 4.06. The van der Waals surface area contributed by atoms with E-state index in [-0.39, 0.29) is 0 Å². The van der Waals surface area contributed by atoms with E-state index < -0.39 is 0 Å². The molecule has 2 aromatic rings. The second kappa shape index (κ2) is 4.21. The van der Waals surface area contributed by atoms with Gasteiger partial charge in [-0.3, -0.25) is 4.98 Å². The molecule has 5 nitrogen and oxygen atoms in total. The molecule has 3 N–H and O–H groups in total. The van der Waals surface area contributed by atoms with Crippen molar-refractivity contribution in [1.29, 1.82) is 0 Å². The fraction of sp³-hybridized carbons (Fsp3) is 0.125. The van der Waals surface area contributed by atoms with E-state index in [0.717, 1.165) is 15.9 Å². The molecule has 72 valence electrons. The molecule has 2 heterocycles. The van der Waals surface area contributed by atoms with Crippen LogP contribution in [-0.2, 0) is 6.54 Å². The van der Waals surface area contributed by atoms with Gasteiger partial charge in [-0.25, -0.2) is 9.97 Å². The van der Waals surface area contributed by atoms with E-state index in [0.29, 0.717) is 6.54 Å². The van der Waals surface area contributed by atoms with E-state index in [1.807, 2.05) is 0 Å². The summed E-state index contributed by atoms with van der Waals surface area (Å²) in [5, 5.41) is 1.61. The van der Waals surface area contributed by atoms with Gasteiger partial charge < -0.3 is 10.7 Å². The molecular weight excluding hydrogens is 198 g/mol. The lowest BCUT2D eigenvalue weighted by molar-refractivity contribution is 0.920. The van der Waals surface area contributed by atoms with E-state index in [2.05, 4.69) is 19.9 Å². The summed E-state index contributed by atoms with van der Waals surface area (Å²) in [4.78, 5) is 15.4. The molecule has 0 amide bonds. The van der Waals surface area contributed by atoms with Crippen molar-refractivity contribution in [2.24, 2.45) is 5.73 Å². The normalized spacial score (nSPS) is 10.4. The summed E-state index contributed by atoms with van der Waals surface area (Å²) in [6, 6.07) is 0. The molecule has 0 aromatic carbocycles. The quantitative estimate of drug-likeness (QED) is 0.778. The van der Waals surface area contributed by atoms with Crippen LogP contribution < -0.4 is 5.73 Å². The Labute approximate surface area is 85.2 Å². The highest BCUT2D eigenvalue weighted by Gasteiger charge is 2.00. The highest BCUT2D eigenvalue weighted by molar-refractivity contribution is 7.99. The van der Waals surface area contributed by atoms with Crippen LogP contribution in [0, 0.1) is 0 Å². The molecule has 14 heavy (non-hydrogen) atoms. The average Bonchev–Trinajstić information content (AvgIpc) is 2.72. The number of nitrogens with two attached hydrogens (primary N) is 1. The van der Waals surface area contributed by atoms with Crippen molar-refractivity contribution in [3.05, 3.63) is 30.5 Å². The van der Waals surface area contributed by atoms with Crippen molar-refractivity contribution in [1.82, 2.24) is 19.9 Å². The maximum atomic E-state index is 5.41. The summed E-state index contributed by atoms with van der Waals surface area (Å²) < 4.78 is 0. The summed E-state index contributed by atoms with van der Waals surface area (Å²) in [5.41, 5.74) is 6.19. The molecule has 0 aliphatic heterocycles. The highest BCUT2D eigenvalue weighted by Crippen LogP contribution is 2.20. The van der Waals surface area contributed by atoms with Gasteiger partial charge in [0.15, 0.2) is 5.16 Å². The Balaban J connectivity index is 2.10. The third kappa shape index (κ3) is 2.09. The number of rotatable bonds is 3. The van der Waals surface area contributed by atoms with Gasteiger partial charge in [0, 0.05) is 18.9 Å². The minimum absolute atomic E-state index is 0.415. The summed E-state index contributed by atoms with van der Waals surface area (Å²) in [6.07, 6.45) is 6.83. The van der Waals surface area contributed by atoms with Crippen molar-refractivity contribution in [3.63, 3.8) is 0 Å². The first kappa shape index (κ1) is 9.17. The Morgan fingerprint density at radius 1 is 1.29 bits per heavy atom. The van der Waals surface area contributed by atoms with Crippen LogP contribution in [-0.4, -0.2) is 19.9 Å². The summed E-state index contributed by atoms with van der Waals surface area (Å²) in [6.45, 7) is 0.415. The van der Waals surface area contributed by atoms with Crippen LogP contribution in [0.4, 0.5) is 0 Å². The zero-order valence-corrected chi connectivity index (χ0v) is 8.16. The molecule has 0 spiro atoms. The van der Waals surface area contributed by atoms with Gasteiger partial charge in [0.2, 0.25) is 0 Å². The third-order valence-electron chi connectivity index (χ3n) is 1.57. The topological polar surface area (TPSA) is 80.5 Å². The zero-order valence-electron chi connectivity index (χ0n) is 7.34. The molecule has 0 aliphatic rings. The van der Waals surface area contributed by atoms with Crippen molar-refractivity contribution in [3.8, 4) is 0 Å². The van der Waals surface area contributed by atoms with Crippen molar-refractivity contribution in [2.75, 3.05) is 0 Å². The lowest BCUT2D eigenvalue weighted by Crippen LogP contribution is -2.00. The predicted molar refractivity (Wildman–Crippen MR) is 52.6 cm³/mol. The third-order valence-corrected chi connectivity index (χ3v) is 2.40. The molecule has 0 atom stereocenters. The van der Waals surface area contributed by atoms with Gasteiger partial charge in [0.05, 0.1) is 18.1 Å². The van der Waals surface area contributed by atoms with E-state index in [9.17, 15) is 0 Å². The molecule has 0 fully saturated rings. The molecule has 0 unspecified atom stereocenters. The highest BCUT2D eigenvalue weighted by atomic mass is 32.2. The SMILES string of the molecule is NCc1cnc(Sc2ncc[nH]2)cn1. The van der Waals surface area contributed by atoms with Crippen LogP contribution in [0.3, 0.4) is 0 Å². The van der Waals surface area contributed by atoms with Crippen LogP contribution in [0.2, 0.25) is 0 Å². The van der Waals surface area contributed by atoms with Crippen LogP contribution in [0.25, 0.3) is 0 Å². The second-order valence-corrected chi connectivity index (χ2v) is 3.56. The smallest absolute Gasteiger partial charge is 0.171 e. The fourth-order valence-electron chi connectivity index (χ4n) is 0.907. The van der Waals surface area contributed by atoms with E-state index in [1.54, 1.807) is 24.8 Å². The summed E-state index contributed by atoms with van der Waals surface area (Å²) in [5.74, 6) is 0. The van der Waals surface area contributed by atoms with Crippen LogP contribution in [0.1, 0.15) is 5.69 Å². The van der Waals surface area contributed by atoms with E-state index in [4.69, 9.17) is 5.73 Å². The number of hydrogen-bond donors (Lipinski definition) is 2. The number of aromatic amines is 1. The van der Waals surface area contributed by atoms with Gasteiger partial charge in [0.1, 0.15) is 5.03 Å². The number of hydrogen-bond acceptors (Lipinski definition) is 5. The minimum Gasteiger partial charge on any atom is -0.339 e. The van der Waals surface area contributed by atoms with Crippen molar-refractivity contribution < 1.29 is 0 Å². The maximum Gasteiger partial charge on any atom is 0.171 e. The first-order valence-corrected chi connectivity index (χ1v) is 4.88. The Hall–Kier alpha value is -1.40. The van der Waals surface area contributed by atoms with E-state index in [1.165, 1.54) is 11.8 Å². The fourth-order valence-corrected chi connectivity index (χ4v) is 1.56. The standard InChI is InChI=1S/C8H9N5S/c9-3-6-4-13-7(5-12-6)14-8-10-1-2-11-8/h1-2,4-5H,3,9H2,(H,10,11). The lowest BCUT2D eigenvalue weighted by atomic mass is 10.5. The molecule has 2 rings (SSSR count). The number of H-pyrrole nitrogens is 1. The van der Waals surface area contributed by atoms with Gasteiger partial charge in [-0.05, 0) is 11.8 Å². The second-order valence-electron chi connectivity index (χ2n) is 2.55. The molecule has 2 aromatic heterocycles. The summed E-state index contributed by atoms with van der Waals surface area (Å²) >= 11 is 1.43. The lowest BCUT2D eigenvalue weighted by Gasteiger charge is -1.97. The minimum atomic E-state index is 0.415. The molecular formula is C8H9N5S. The Morgan fingerprint density at radius 3 is 2.79 bits per heavy atom. The maximum absolute atomic E-state index is 5.41. The number of aromatic nitrogens is 4. The zero-order chi connectivity index (χ0) is 9.80. The van der Waals surface area contributed by atoms with Crippen LogP contribution in [0.5, 0.6) is 0 Å². The van der Waals surface area contributed by atoms with Crippen LogP contribution in [0.15, 0.2) is 35.0 Å². The predicted octanol–water partition coefficient (Wildman–Crippen LogP) is 0.810. The number of nitrogens with one attached hydrogen (secondary N) is 1. The molecule has 0 saturated carbocycles. The summed E-state index contributed by atoms with van der Waals surface area (Å²) in [7, 11) is 0. The Morgan fingerprint density at radius 2 is 2.21 bits per heavy atom. The monoisotopic (exact) mass is 207 g/mol. The van der Waals surface area contributed by atoms with Gasteiger partial charge in [-0.2, -0.15) is 0 Å². The van der Waals surface area contributed by atoms with E-state index >= 15 is 0 Å². The number of nitrogens with zero attached hydrogens (tertiary/aromatic N) is 3. The average molecular weight is 207 g/mol. The first-order chi connectivity index (χ1) is 6.88. The Kier molecular flexibility index (Phi) is 2.76. The molecule has 0 bridgehead atoms. The van der Waals surface area contributed by atoms with Gasteiger partial charge in [0.25, 0.3) is 0 Å². The largest absolute Gasteiger partial charge is 0.339 e. The van der Waals surface area contributed by atoms with Gasteiger partial charge >= 0.3 is 0 Å². The van der Waals surface area contributed by atoms with Gasteiger partial charge in [-0.1, -0.05) is 0 Å². The van der Waals surface area contributed by atoms with Crippen molar-refractivity contribution in [2.45, 2.75) is 16.7 Å². The number of imidazole rings is 1. The molecule has 0 aliphatic carbocycles. The van der Waals surface area contributed by atoms with Gasteiger partial charge in [-0.15, -0.1) is 0 Å².